The Morgan fingerprint density at radius 3 is 3.19 bits per heavy atom. The van der Waals surface area contributed by atoms with Crippen LogP contribution in [0.5, 0.6) is 0 Å². The number of benzene rings is 1. The van der Waals surface area contributed by atoms with Crippen LogP contribution in [0, 0.1) is 5.82 Å². The minimum atomic E-state index is -0.340. The molecular formula is C14H11FN4OS. The summed E-state index contributed by atoms with van der Waals surface area (Å²) in [5.74, 6) is -0.340. The number of rotatable bonds is 2. The molecule has 0 bridgehead atoms. The molecule has 7 heteroatoms. The number of aromatic amines is 1. The summed E-state index contributed by atoms with van der Waals surface area (Å²) in [7, 11) is 0. The molecule has 1 atom stereocenters. The Labute approximate surface area is 123 Å². The van der Waals surface area contributed by atoms with E-state index in [9.17, 15) is 9.18 Å². The first-order valence-corrected chi connectivity index (χ1v) is 7.37. The largest absolute Gasteiger partial charge is 0.346 e. The summed E-state index contributed by atoms with van der Waals surface area (Å²) in [6.07, 6.45) is 3.16. The fraction of sp³-hybridized carbons (Fsp3) is 0.214. The summed E-state index contributed by atoms with van der Waals surface area (Å²) in [5, 5.41) is 0.701. The Bertz CT molecular complexity index is 827. The number of nitrogens with one attached hydrogen (secondary N) is 1. The van der Waals surface area contributed by atoms with Crippen LogP contribution in [0.1, 0.15) is 22.4 Å². The first kappa shape index (κ1) is 12.5. The van der Waals surface area contributed by atoms with Crippen LogP contribution in [0.3, 0.4) is 0 Å². The molecule has 1 amide bonds. The summed E-state index contributed by atoms with van der Waals surface area (Å²) in [4.78, 5) is 24.8. The Morgan fingerprint density at radius 1 is 1.48 bits per heavy atom. The summed E-state index contributed by atoms with van der Waals surface area (Å²) in [6, 6.07) is 4.58. The minimum absolute atomic E-state index is 0.314. The van der Waals surface area contributed by atoms with Gasteiger partial charge in [0.25, 0.3) is 0 Å². The molecule has 3 aromatic rings. The molecule has 0 aliphatic carbocycles. The van der Waals surface area contributed by atoms with Gasteiger partial charge in [0.05, 0.1) is 22.4 Å². The molecule has 106 valence electrons. The third kappa shape index (κ3) is 1.84. The van der Waals surface area contributed by atoms with Crippen LogP contribution in [-0.4, -0.2) is 32.8 Å². The highest BCUT2D eigenvalue weighted by molar-refractivity contribution is 7.18. The summed E-state index contributed by atoms with van der Waals surface area (Å²) >= 11 is 1.40. The molecule has 2 aromatic heterocycles. The number of carbonyl (C=O) groups excluding carboxylic acids is 1. The molecule has 0 spiro atoms. The van der Waals surface area contributed by atoms with Gasteiger partial charge in [-0.25, -0.2) is 14.4 Å². The van der Waals surface area contributed by atoms with Crippen molar-refractivity contribution in [1.29, 1.82) is 0 Å². The molecule has 5 nitrogen and oxygen atoms in total. The van der Waals surface area contributed by atoms with Crippen molar-refractivity contribution in [3.63, 3.8) is 0 Å². The van der Waals surface area contributed by atoms with Gasteiger partial charge < -0.3 is 9.88 Å². The van der Waals surface area contributed by atoms with E-state index in [0.29, 0.717) is 23.5 Å². The molecule has 1 N–H and O–H groups in total. The Morgan fingerprint density at radius 2 is 2.38 bits per heavy atom. The van der Waals surface area contributed by atoms with E-state index >= 15 is 0 Å². The van der Waals surface area contributed by atoms with Crippen LogP contribution >= 0.6 is 11.3 Å². The van der Waals surface area contributed by atoms with Crippen molar-refractivity contribution in [2.75, 3.05) is 6.54 Å². The maximum absolute atomic E-state index is 13.8. The molecule has 4 rings (SSSR count). The van der Waals surface area contributed by atoms with Gasteiger partial charge in [0.2, 0.25) is 6.41 Å². The van der Waals surface area contributed by atoms with Crippen LogP contribution in [-0.2, 0) is 11.2 Å². The lowest BCUT2D eigenvalue weighted by atomic mass is 10.0. The Balaban J connectivity index is 1.90. The first-order chi connectivity index (χ1) is 10.3. The smallest absolute Gasteiger partial charge is 0.210 e. The zero-order valence-corrected chi connectivity index (χ0v) is 11.7. The molecule has 1 aromatic carbocycles. The summed E-state index contributed by atoms with van der Waals surface area (Å²) in [6.45, 7) is 0.588. The number of halogens is 1. The van der Waals surface area contributed by atoms with Gasteiger partial charge in [-0.2, -0.15) is 0 Å². The number of hydrogen-bond donors (Lipinski definition) is 1. The topological polar surface area (TPSA) is 61.9 Å². The van der Waals surface area contributed by atoms with Crippen molar-refractivity contribution in [2.24, 2.45) is 0 Å². The Hall–Kier alpha value is -2.28. The molecule has 1 aliphatic heterocycles. The lowest BCUT2D eigenvalue weighted by Gasteiger charge is -2.30. The monoisotopic (exact) mass is 302 g/mol. The molecule has 1 aliphatic rings. The zero-order valence-electron chi connectivity index (χ0n) is 10.9. The minimum Gasteiger partial charge on any atom is -0.346 e. The molecular weight excluding hydrogens is 291 g/mol. The van der Waals surface area contributed by atoms with Crippen molar-refractivity contribution in [2.45, 2.75) is 12.5 Å². The number of imidazole rings is 1. The van der Waals surface area contributed by atoms with E-state index in [2.05, 4.69) is 15.0 Å². The lowest BCUT2D eigenvalue weighted by Crippen LogP contribution is -2.35. The van der Waals surface area contributed by atoms with Crippen LogP contribution in [0.4, 0.5) is 4.39 Å². The number of thiazole rings is 1. The lowest BCUT2D eigenvalue weighted by molar-refractivity contribution is -0.120. The van der Waals surface area contributed by atoms with Crippen molar-refractivity contribution in [1.82, 2.24) is 19.9 Å². The van der Waals surface area contributed by atoms with Crippen molar-refractivity contribution < 1.29 is 9.18 Å². The Kier molecular flexibility index (Phi) is 2.75. The molecule has 0 saturated carbocycles. The van der Waals surface area contributed by atoms with Crippen LogP contribution in [0.15, 0.2) is 24.5 Å². The van der Waals surface area contributed by atoms with Gasteiger partial charge in [0.15, 0.2) is 0 Å². The first-order valence-electron chi connectivity index (χ1n) is 6.56. The van der Waals surface area contributed by atoms with Crippen molar-refractivity contribution >= 4 is 28.0 Å². The third-order valence-corrected chi connectivity index (χ3v) is 4.79. The number of para-hydroxylation sites is 1. The van der Waals surface area contributed by atoms with Crippen molar-refractivity contribution in [3.8, 4) is 0 Å². The highest BCUT2D eigenvalue weighted by Gasteiger charge is 2.32. The molecule has 0 unspecified atom stereocenters. The number of fused-ring (bicyclic) bond motifs is 2. The summed E-state index contributed by atoms with van der Waals surface area (Å²) < 4.78 is 14.6. The predicted octanol–water partition coefficient (Wildman–Crippen LogP) is 2.26. The highest BCUT2D eigenvalue weighted by atomic mass is 32.1. The second kappa shape index (κ2) is 4.63. The van der Waals surface area contributed by atoms with Gasteiger partial charge in [0, 0.05) is 13.0 Å². The van der Waals surface area contributed by atoms with Crippen molar-refractivity contribution in [3.05, 3.63) is 46.7 Å². The predicted molar refractivity (Wildman–Crippen MR) is 76.5 cm³/mol. The molecule has 3 heterocycles. The SMILES string of the molecule is O=CN1CCc2nc[nH]c2[C@H]1c1nc2c(F)cccc2s1. The number of nitrogens with zero attached hydrogens (tertiary/aromatic N) is 3. The second-order valence-electron chi connectivity index (χ2n) is 4.90. The fourth-order valence-electron chi connectivity index (χ4n) is 2.73. The van der Waals surface area contributed by atoms with Gasteiger partial charge in [-0.05, 0) is 12.1 Å². The normalized spacial score (nSPS) is 18.0. The van der Waals surface area contributed by atoms with E-state index < -0.39 is 0 Å². The van der Waals surface area contributed by atoms with Gasteiger partial charge in [-0.15, -0.1) is 11.3 Å². The molecule has 0 saturated heterocycles. The average molecular weight is 302 g/mol. The van der Waals surface area contributed by atoms with Crippen LogP contribution in [0.2, 0.25) is 0 Å². The van der Waals surface area contributed by atoms with E-state index in [1.165, 1.54) is 17.4 Å². The van der Waals surface area contributed by atoms with E-state index in [4.69, 9.17) is 0 Å². The van der Waals surface area contributed by atoms with Crippen LogP contribution < -0.4 is 0 Å². The van der Waals surface area contributed by atoms with Gasteiger partial charge in [-0.1, -0.05) is 6.07 Å². The summed E-state index contributed by atoms with van der Waals surface area (Å²) in [5.41, 5.74) is 2.17. The number of aromatic nitrogens is 3. The standard InChI is InChI=1S/C14H11FN4OS/c15-8-2-1-3-10-11(8)18-14(21-10)13-12-9(16-6-17-12)4-5-19(13)7-20/h1-3,6-7,13H,4-5H2,(H,16,17)/t13-/m0/s1. The number of amides is 1. The van der Waals surface area contributed by atoms with E-state index in [1.807, 2.05) is 6.07 Å². The van der Waals surface area contributed by atoms with E-state index in [0.717, 1.165) is 22.5 Å². The van der Waals surface area contributed by atoms with Gasteiger partial charge in [0.1, 0.15) is 22.4 Å². The zero-order chi connectivity index (χ0) is 14.4. The van der Waals surface area contributed by atoms with Crippen LogP contribution in [0.25, 0.3) is 10.2 Å². The van der Waals surface area contributed by atoms with E-state index in [-0.39, 0.29) is 11.9 Å². The molecule has 0 fully saturated rings. The molecule has 0 radical (unpaired) electrons. The number of hydrogen-bond acceptors (Lipinski definition) is 4. The highest BCUT2D eigenvalue weighted by Crippen LogP contribution is 2.36. The fourth-order valence-corrected chi connectivity index (χ4v) is 3.84. The average Bonchev–Trinajstić information content (AvgIpc) is 3.12. The van der Waals surface area contributed by atoms with E-state index in [1.54, 1.807) is 17.3 Å². The number of H-pyrrole nitrogens is 1. The second-order valence-corrected chi connectivity index (χ2v) is 5.96. The maximum Gasteiger partial charge on any atom is 0.210 e. The van der Waals surface area contributed by atoms with Gasteiger partial charge in [-0.3, -0.25) is 4.79 Å². The quantitative estimate of drug-likeness (QED) is 0.739. The molecule has 21 heavy (non-hydrogen) atoms. The van der Waals surface area contributed by atoms with Gasteiger partial charge >= 0.3 is 0 Å². The maximum atomic E-state index is 13.8. The number of carbonyl (C=O) groups is 1. The third-order valence-electron chi connectivity index (χ3n) is 3.72.